The third-order valence-electron chi connectivity index (χ3n) is 5.18. The third kappa shape index (κ3) is 2.21. The van der Waals surface area contributed by atoms with E-state index in [-0.39, 0.29) is 0 Å². The van der Waals surface area contributed by atoms with Crippen LogP contribution in [0.3, 0.4) is 0 Å². The number of ether oxygens (including phenoxy) is 1. The molecule has 134 valence electrons. The second-order valence-electron chi connectivity index (χ2n) is 6.70. The van der Waals surface area contributed by atoms with Crippen LogP contribution in [0.2, 0.25) is 0 Å². The fraction of sp³-hybridized carbons (Fsp3) is 0.263. The van der Waals surface area contributed by atoms with Gasteiger partial charge in [-0.15, -0.1) is 0 Å². The van der Waals surface area contributed by atoms with E-state index >= 15 is 0 Å². The topological polar surface area (TPSA) is 118 Å². The first kappa shape index (κ1) is 16.6. The molecule has 2 aliphatic rings. The minimum Gasteiger partial charge on any atom is -0.480 e. The normalized spacial score (nSPS) is 28.0. The van der Waals surface area contributed by atoms with Crippen molar-refractivity contribution in [2.24, 2.45) is 0 Å². The highest BCUT2D eigenvalue weighted by atomic mass is 16.5. The van der Waals surface area contributed by atoms with E-state index in [4.69, 9.17) is 9.84 Å². The number of carboxylic acid groups (broad SMARTS) is 1. The molecule has 3 atom stereocenters. The number of para-hydroxylation sites is 1. The zero-order valence-corrected chi connectivity index (χ0v) is 14.0. The molecule has 1 amide bonds. The second-order valence-corrected chi connectivity index (χ2v) is 6.70. The number of aliphatic hydroxyl groups excluding tert-OH is 1. The van der Waals surface area contributed by atoms with Gasteiger partial charge in [0.15, 0.2) is 5.54 Å². The Morgan fingerprint density at radius 3 is 2.62 bits per heavy atom. The maximum Gasteiger partial charge on any atom is 0.322 e. The van der Waals surface area contributed by atoms with E-state index in [1.807, 2.05) is 37.3 Å². The first-order valence-corrected chi connectivity index (χ1v) is 8.23. The minimum absolute atomic E-state index is 0.496. The van der Waals surface area contributed by atoms with Crippen LogP contribution in [-0.4, -0.2) is 34.2 Å². The van der Waals surface area contributed by atoms with E-state index in [9.17, 15) is 14.7 Å². The van der Waals surface area contributed by atoms with Crippen LogP contribution in [0.4, 0.5) is 0 Å². The second kappa shape index (κ2) is 5.55. The lowest BCUT2D eigenvalue weighted by Crippen LogP contribution is -2.45. The van der Waals surface area contributed by atoms with Crippen LogP contribution in [0, 0.1) is 0 Å². The highest BCUT2D eigenvalue weighted by Crippen LogP contribution is 2.62. The zero-order chi connectivity index (χ0) is 18.5. The highest BCUT2D eigenvalue weighted by molar-refractivity contribution is 5.97. The van der Waals surface area contributed by atoms with Crippen LogP contribution in [0.1, 0.15) is 24.2 Å². The number of hydrogen-bond donors (Lipinski definition) is 4. The number of carbonyl (C=O) groups is 2. The lowest BCUT2D eigenvalue weighted by molar-refractivity contribution is -0.139. The highest BCUT2D eigenvalue weighted by Gasteiger charge is 2.78. The SMILES string of the molecule is CC12NC1(C(=O)NCC(=O)O)C(O)c1ccc(Oc3ccccc3)cc12. The fourth-order valence-corrected chi connectivity index (χ4v) is 3.82. The summed E-state index contributed by atoms with van der Waals surface area (Å²) < 4.78 is 5.84. The van der Waals surface area contributed by atoms with Crippen LogP contribution in [0.5, 0.6) is 11.5 Å². The number of hydrogen-bond acceptors (Lipinski definition) is 5. The van der Waals surface area contributed by atoms with Crippen molar-refractivity contribution < 1.29 is 24.5 Å². The van der Waals surface area contributed by atoms with Crippen molar-refractivity contribution in [3.05, 3.63) is 59.7 Å². The summed E-state index contributed by atoms with van der Waals surface area (Å²) in [5, 5.41) is 24.9. The van der Waals surface area contributed by atoms with E-state index < -0.39 is 35.6 Å². The first-order valence-electron chi connectivity index (χ1n) is 8.23. The van der Waals surface area contributed by atoms with Gasteiger partial charge in [-0.1, -0.05) is 24.3 Å². The van der Waals surface area contributed by atoms with Gasteiger partial charge < -0.3 is 20.3 Å². The summed E-state index contributed by atoms with van der Waals surface area (Å²) in [7, 11) is 0. The number of rotatable bonds is 5. The van der Waals surface area contributed by atoms with Crippen molar-refractivity contribution in [2.45, 2.75) is 24.1 Å². The van der Waals surface area contributed by atoms with Gasteiger partial charge in [0.05, 0.1) is 5.54 Å². The van der Waals surface area contributed by atoms with Gasteiger partial charge >= 0.3 is 5.97 Å². The Labute approximate surface area is 149 Å². The number of aliphatic hydroxyl groups is 1. The van der Waals surface area contributed by atoms with Gasteiger partial charge in [0.1, 0.15) is 24.1 Å². The Kier molecular flexibility index (Phi) is 3.54. The van der Waals surface area contributed by atoms with Crippen molar-refractivity contribution in [1.29, 1.82) is 0 Å². The Hall–Kier alpha value is -2.90. The number of benzene rings is 2. The fourth-order valence-electron chi connectivity index (χ4n) is 3.82. The molecule has 1 aliphatic heterocycles. The van der Waals surface area contributed by atoms with Gasteiger partial charge in [0.25, 0.3) is 0 Å². The van der Waals surface area contributed by atoms with Crippen molar-refractivity contribution in [3.63, 3.8) is 0 Å². The molecule has 1 fully saturated rings. The Morgan fingerprint density at radius 1 is 1.19 bits per heavy atom. The number of carbonyl (C=O) groups excluding carboxylic acids is 1. The molecule has 2 aromatic rings. The molecule has 4 rings (SSSR count). The van der Waals surface area contributed by atoms with Crippen LogP contribution in [0.25, 0.3) is 0 Å². The molecule has 3 unspecified atom stereocenters. The summed E-state index contributed by atoms with van der Waals surface area (Å²) in [6.07, 6.45) is -1.07. The van der Waals surface area contributed by atoms with Crippen molar-refractivity contribution >= 4 is 11.9 Å². The predicted molar refractivity (Wildman–Crippen MR) is 91.8 cm³/mol. The molecule has 0 bridgehead atoms. The predicted octanol–water partition coefficient (Wildman–Crippen LogP) is 1.28. The van der Waals surface area contributed by atoms with Gasteiger partial charge in [0.2, 0.25) is 5.91 Å². The number of nitrogens with one attached hydrogen (secondary N) is 2. The van der Waals surface area contributed by atoms with Crippen LogP contribution in [-0.2, 0) is 15.1 Å². The molecule has 1 saturated heterocycles. The molecule has 0 aromatic heterocycles. The van der Waals surface area contributed by atoms with Crippen molar-refractivity contribution in [1.82, 2.24) is 10.6 Å². The van der Waals surface area contributed by atoms with Crippen LogP contribution < -0.4 is 15.4 Å². The molecule has 2 aromatic carbocycles. The number of fused-ring (bicyclic) bond motifs is 3. The molecule has 0 saturated carbocycles. The summed E-state index contributed by atoms with van der Waals surface area (Å²) in [6.45, 7) is 1.32. The lowest BCUT2D eigenvalue weighted by atomic mass is 9.92. The van der Waals surface area contributed by atoms with Gasteiger partial charge in [-0.05, 0) is 42.3 Å². The summed E-state index contributed by atoms with van der Waals surface area (Å²) in [5.74, 6) is -0.388. The summed E-state index contributed by atoms with van der Waals surface area (Å²) in [6, 6.07) is 14.6. The monoisotopic (exact) mass is 354 g/mol. The number of aliphatic carboxylic acids is 1. The first-order chi connectivity index (χ1) is 12.4. The summed E-state index contributed by atoms with van der Waals surface area (Å²) >= 11 is 0. The van der Waals surface area contributed by atoms with E-state index in [0.29, 0.717) is 17.1 Å². The minimum atomic E-state index is -1.25. The van der Waals surface area contributed by atoms with Gasteiger partial charge in [0, 0.05) is 0 Å². The van der Waals surface area contributed by atoms with Gasteiger partial charge in [-0.2, -0.15) is 0 Å². The maximum atomic E-state index is 12.5. The lowest BCUT2D eigenvalue weighted by Gasteiger charge is -2.17. The number of amides is 1. The van der Waals surface area contributed by atoms with E-state index in [1.54, 1.807) is 18.2 Å². The average Bonchev–Trinajstić information content (AvgIpc) is 3.23. The maximum absolute atomic E-state index is 12.5. The van der Waals surface area contributed by atoms with Gasteiger partial charge in [-0.3, -0.25) is 14.9 Å². The van der Waals surface area contributed by atoms with Crippen molar-refractivity contribution in [2.75, 3.05) is 6.54 Å². The molecular formula is C19H18N2O5. The summed E-state index contributed by atoms with van der Waals surface area (Å²) in [4.78, 5) is 23.3. The Balaban J connectivity index is 1.63. The van der Waals surface area contributed by atoms with Gasteiger partial charge in [-0.25, -0.2) is 0 Å². The molecular weight excluding hydrogens is 336 g/mol. The average molecular weight is 354 g/mol. The molecule has 7 heteroatoms. The molecule has 1 heterocycles. The molecule has 0 radical (unpaired) electrons. The molecule has 1 aliphatic carbocycles. The van der Waals surface area contributed by atoms with E-state index in [0.717, 1.165) is 5.56 Å². The Bertz CT molecular complexity index is 900. The number of carboxylic acids is 1. The molecule has 4 N–H and O–H groups in total. The summed E-state index contributed by atoms with van der Waals surface area (Å²) in [5.41, 5.74) is -0.627. The van der Waals surface area contributed by atoms with Crippen LogP contribution >= 0.6 is 0 Å². The van der Waals surface area contributed by atoms with E-state index in [1.165, 1.54) is 0 Å². The standard InChI is InChI=1S/C19H18N2O5/c1-18-14-9-12(26-11-5-3-2-4-6-11)7-8-13(14)16(24)19(18,21-18)17(25)20-10-15(22)23/h2-9,16,21,24H,10H2,1H3,(H,20,25)(H,22,23). The molecule has 7 nitrogen and oxygen atoms in total. The van der Waals surface area contributed by atoms with Crippen LogP contribution in [0.15, 0.2) is 48.5 Å². The molecule has 26 heavy (non-hydrogen) atoms. The third-order valence-corrected chi connectivity index (χ3v) is 5.18. The smallest absolute Gasteiger partial charge is 0.322 e. The quantitative estimate of drug-likeness (QED) is 0.601. The Morgan fingerprint density at radius 2 is 1.92 bits per heavy atom. The molecule has 0 spiro atoms. The van der Waals surface area contributed by atoms with E-state index in [2.05, 4.69) is 10.6 Å². The largest absolute Gasteiger partial charge is 0.480 e. The zero-order valence-electron chi connectivity index (χ0n) is 14.0. The van der Waals surface area contributed by atoms with Crippen molar-refractivity contribution in [3.8, 4) is 11.5 Å².